The zero-order valence-corrected chi connectivity index (χ0v) is 13.8. The number of pyridine rings is 1. The lowest BCUT2D eigenvalue weighted by Crippen LogP contribution is -2.46. The van der Waals surface area contributed by atoms with Gasteiger partial charge in [0.25, 0.3) is 0 Å². The maximum absolute atomic E-state index is 13.0. The minimum atomic E-state index is -0.109. The Hall–Kier alpha value is -1.88. The van der Waals surface area contributed by atoms with E-state index in [0.717, 1.165) is 44.5 Å². The number of hydrogen-bond acceptors (Lipinski definition) is 4. The van der Waals surface area contributed by atoms with Gasteiger partial charge in [0, 0.05) is 18.7 Å². The molecule has 0 aromatic carbocycles. The van der Waals surface area contributed by atoms with E-state index in [4.69, 9.17) is 9.47 Å². The Morgan fingerprint density at radius 2 is 2.29 bits per heavy atom. The summed E-state index contributed by atoms with van der Waals surface area (Å²) in [6.45, 7) is 1.37. The topological polar surface area (TPSA) is 51.7 Å². The minimum Gasteiger partial charge on any atom is -0.484 e. The molecule has 4 atom stereocenters. The van der Waals surface area contributed by atoms with Crippen LogP contribution in [-0.2, 0) is 9.53 Å². The molecule has 0 saturated carbocycles. The molecule has 2 saturated heterocycles. The van der Waals surface area contributed by atoms with Crippen LogP contribution in [0.15, 0.2) is 36.7 Å². The zero-order valence-electron chi connectivity index (χ0n) is 13.8. The van der Waals surface area contributed by atoms with Crippen LogP contribution in [0.3, 0.4) is 0 Å². The van der Waals surface area contributed by atoms with Gasteiger partial charge >= 0.3 is 0 Å². The largest absolute Gasteiger partial charge is 0.484 e. The molecular formula is C19H24N2O3. The van der Waals surface area contributed by atoms with Crippen molar-refractivity contribution in [2.45, 2.75) is 50.4 Å². The fraction of sp³-hybridized carbons (Fsp3) is 0.579. The van der Waals surface area contributed by atoms with Gasteiger partial charge in [0.2, 0.25) is 5.91 Å². The van der Waals surface area contributed by atoms with E-state index in [1.165, 1.54) is 0 Å². The maximum Gasteiger partial charge on any atom is 0.226 e. The highest BCUT2D eigenvalue weighted by molar-refractivity contribution is 5.80. The first-order chi connectivity index (χ1) is 11.8. The average molecular weight is 328 g/mol. The molecule has 5 heteroatoms. The molecule has 3 aliphatic rings. The number of amides is 1. The van der Waals surface area contributed by atoms with Crippen LogP contribution in [0.2, 0.25) is 0 Å². The van der Waals surface area contributed by atoms with Gasteiger partial charge in [0.1, 0.15) is 18.0 Å². The lowest BCUT2D eigenvalue weighted by molar-refractivity contribution is -0.139. The first-order valence-electron chi connectivity index (χ1n) is 8.96. The number of ether oxygens (including phenoxy) is 2. The second kappa shape index (κ2) is 6.93. The van der Waals surface area contributed by atoms with E-state index >= 15 is 0 Å². The number of rotatable bonds is 3. The van der Waals surface area contributed by atoms with Crippen LogP contribution in [0.1, 0.15) is 32.1 Å². The van der Waals surface area contributed by atoms with Crippen molar-refractivity contribution >= 4 is 5.91 Å². The van der Waals surface area contributed by atoms with Gasteiger partial charge in [-0.2, -0.15) is 0 Å². The monoisotopic (exact) mass is 328 g/mol. The summed E-state index contributed by atoms with van der Waals surface area (Å²) in [4.78, 5) is 19.2. The lowest BCUT2D eigenvalue weighted by atomic mass is 9.92. The third-order valence-corrected chi connectivity index (χ3v) is 5.30. The van der Waals surface area contributed by atoms with E-state index < -0.39 is 0 Å². The Morgan fingerprint density at radius 3 is 3.08 bits per heavy atom. The fourth-order valence-corrected chi connectivity index (χ4v) is 4.11. The molecule has 0 bridgehead atoms. The van der Waals surface area contributed by atoms with Crippen molar-refractivity contribution in [1.82, 2.24) is 9.88 Å². The Balaban J connectivity index is 1.50. The van der Waals surface area contributed by atoms with Crippen molar-refractivity contribution < 1.29 is 14.3 Å². The van der Waals surface area contributed by atoms with Crippen LogP contribution < -0.4 is 4.74 Å². The van der Waals surface area contributed by atoms with Crippen molar-refractivity contribution in [2.24, 2.45) is 5.92 Å². The Kier molecular flexibility index (Phi) is 4.52. The Morgan fingerprint density at radius 1 is 1.33 bits per heavy atom. The third kappa shape index (κ3) is 3.05. The molecule has 2 aliphatic heterocycles. The highest BCUT2D eigenvalue weighted by atomic mass is 16.5. The molecule has 1 aromatic rings. The van der Waals surface area contributed by atoms with Gasteiger partial charge in [-0.05, 0) is 44.2 Å². The normalized spacial score (nSPS) is 32.4. The summed E-state index contributed by atoms with van der Waals surface area (Å²) >= 11 is 0. The Bertz CT molecular complexity index is 604. The first-order valence-corrected chi connectivity index (χ1v) is 8.96. The van der Waals surface area contributed by atoms with Crippen LogP contribution in [0.25, 0.3) is 0 Å². The number of aromatic nitrogens is 1. The highest BCUT2D eigenvalue weighted by Crippen LogP contribution is 2.34. The summed E-state index contributed by atoms with van der Waals surface area (Å²) in [5.41, 5.74) is 0. The molecule has 3 heterocycles. The van der Waals surface area contributed by atoms with E-state index in [-0.39, 0.29) is 30.1 Å². The molecule has 1 amide bonds. The van der Waals surface area contributed by atoms with E-state index in [2.05, 4.69) is 17.1 Å². The minimum absolute atomic E-state index is 0.0259. The number of carbonyl (C=O) groups is 1. The number of likely N-dealkylation sites (tertiary alicyclic amines) is 1. The number of fused-ring (bicyclic) bond motifs is 1. The van der Waals surface area contributed by atoms with Crippen molar-refractivity contribution in [2.75, 3.05) is 13.2 Å². The molecule has 128 valence electrons. The molecule has 2 fully saturated rings. The number of nitrogens with zero attached hydrogens (tertiary/aromatic N) is 2. The lowest BCUT2D eigenvalue weighted by Gasteiger charge is -2.33. The summed E-state index contributed by atoms with van der Waals surface area (Å²) in [5, 5.41) is 0. The van der Waals surface area contributed by atoms with Gasteiger partial charge in [0.15, 0.2) is 0 Å². The number of allylic oxidation sites excluding steroid dienone is 2. The van der Waals surface area contributed by atoms with Crippen molar-refractivity contribution in [3.8, 4) is 5.75 Å². The van der Waals surface area contributed by atoms with Crippen molar-refractivity contribution in [1.29, 1.82) is 0 Å². The van der Waals surface area contributed by atoms with E-state index in [1.54, 1.807) is 12.4 Å². The highest BCUT2D eigenvalue weighted by Gasteiger charge is 2.48. The fourth-order valence-electron chi connectivity index (χ4n) is 4.11. The van der Waals surface area contributed by atoms with E-state index in [9.17, 15) is 4.79 Å². The van der Waals surface area contributed by atoms with Crippen LogP contribution in [0.5, 0.6) is 5.75 Å². The second-order valence-electron chi connectivity index (χ2n) is 6.86. The van der Waals surface area contributed by atoms with Crippen molar-refractivity contribution in [3.05, 3.63) is 36.7 Å². The van der Waals surface area contributed by atoms with Gasteiger partial charge in [-0.3, -0.25) is 9.78 Å². The smallest absolute Gasteiger partial charge is 0.226 e. The molecule has 0 unspecified atom stereocenters. The quantitative estimate of drug-likeness (QED) is 0.800. The molecule has 4 rings (SSSR count). The van der Waals surface area contributed by atoms with Crippen molar-refractivity contribution in [3.63, 3.8) is 0 Å². The van der Waals surface area contributed by atoms with E-state index in [1.807, 2.05) is 17.0 Å². The number of carbonyl (C=O) groups excluding carboxylic acids is 1. The van der Waals surface area contributed by atoms with Crippen LogP contribution in [0.4, 0.5) is 0 Å². The van der Waals surface area contributed by atoms with Crippen LogP contribution >= 0.6 is 0 Å². The van der Waals surface area contributed by atoms with Crippen LogP contribution in [0, 0.1) is 5.92 Å². The standard InChI is InChI=1S/C19H24N2O3/c22-19(14-6-2-1-3-7-14)21-13-17(18-16(21)9-5-11-23-18)24-15-8-4-10-20-12-15/h1-2,4,8,10,12,14,16-18H,3,5-7,9,11,13H2/t14-,16-,17-,18+/m1/s1. The summed E-state index contributed by atoms with van der Waals surface area (Å²) in [7, 11) is 0. The van der Waals surface area contributed by atoms with Gasteiger partial charge in [-0.1, -0.05) is 12.2 Å². The van der Waals surface area contributed by atoms with Crippen LogP contribution in [-0.4, -0.2) is 47.2 Å². The molecular weight excluding hydrogens is 304 g/mol. The predicted molar refractivity (Wildman–Crippen MR) is 89.6 cm³/mol. The third-order valence-electron chi connectivity index (χ3n) is 5.30. The Labute approximate surface area is 142 Å². The first kappa shape index (κ1) is 15.6. The SMILES string of the molecule is O=C([C@@H]1CC=CCC1)N1C[C@@H](Oc2cccnc2)[C@H]2OCCC[C@H]21. The van der Waals surface area contributed by atoms with Gasteiger partial charge in [-0.25, -0.2) is 0 Å². The van der Waals surface area contributed by atoms with Gasteiger partial charge < -0.3 is 14.4 Å². The molecule has 0 N–H and O–H groups in total. The van der Waals surface area contributed by atoms with E-state index in [0.29, 0.717) is 6.54 Å². The zero-order chi connectivity index (χ0) is 16.4. The van der Waals surface area contributed by atoms with Gasteiger partial charge in [0.05, 0.1) is 18.8 Å². The molecule has 0 radical (unpaired) electrons. The molecule has 5 nitrogen and oxygen atoms in total. The molecule has 1 aromatic heterocycles. The summed E-state index contributed by atoms with van der Waals surface area (Å²) in [5.74, 6) is 1.14. The summed E-state index contributed by atoms with van der Waals surface area (Å²) in [6, 6.07) is 3.92. The molecule has 24 heavy (non-hydrogen) atoms. The predicted octanol–water partition coefficient (Wildman–Crippen LogP) is 2.58. The number of hydrogen-bond donors (Lipinski definition) is 0. The summed E-state index contributed by atoms with van der Waals surface area (Å²) in [6.07, 6.45) is 12.5. The molecule has 1 aliphatic carbocycles. The maximum atomic E-state index is 13.0. The average Bonchev–Trinajstić information content (AvgIpc) is 3.01. The van der Waals surface area contributed by atoms with Gasteiger partial charge in [-0.15, -0.1) is 0 Å². The second-order valence-corrected chi connectivity index (χ2v) is 6.86. The molecule has 0 spiro atoms. The summed E-state index contributed by atoms with van der Waals surface area (Å²) < 4.78 is 12.1.